The molecule has 184 valence electrons. The maximum atomic E-state index is 11.5. The number of carboxylic acid groups (broad SMARTS) is 1. The molecule has 0 spiro atoms. The van der Waals surface area contributed by atoms with E-state index in [1.54, 1.807) is 12.1 Å². The zero-order valence-electron chi connectivity index (χ0n) is 21.8. The number of halogens is 1. The summed E-state index contributed by atoms with van der Waals surface area (Å²) in [4.78, 5) is 13.8. The number of fused-ring (bicyclic) bond motifs is 1. The fourth-order valence-corrected chi connectivity index (χ4v) is 5.09. The van der Waals surface area contributed by atoms with Gasteiger partial charge in [-0.1, -0.05) is 29.8 Å². The number of allylic oxidation sites excluding steroid dienone is 5. The average Bonchev–Trinajstić information content (AvgIpc) is 3.00. The Kier molecular flexibility index (Phi) is 8.07. The van der Waals surface area contributed by atoms with Crippen LogP contribution in [0.4, 0.5) is 11.4 Å². The van der Waals surface area contributed by atoms with Crippen molar-refractivity contribution in [3.63, 3.8) is 0 Å². The number of carboxylic acids is 1. The normalized spacial score (nSPS) is 15.9. The third-order valence-electron chi connectivity index (χ3n) is 6.73. The van der Waals surface area contributed by atoms with Crippen LogP contribution >= 0.6 is 11.6 Å². The molecule has 1 N–H and O–H groups in total. The topological polar surface area (TPSA) is 43.5 Å². The van der Waals surface area contributed by atoms with Gasteiger partial charge in [0.15, 0.2) is 5.71 Å². The van der Waals surface area contributed by atoms with Crippen molar-refractivity contribution in [2.75, 3.05) is 25.0 Å². The van der Waals surface area contributed by atoms with Crippen molar-refractivity contribution in [2.45, 2.75) is 47.0 Å². The van der Waals surface area contributed by atoms with Gasteiger partial charge < -0.3 is 10.0 Å². The zero-order chi connectivity index (χ0) is 25.9. The summed E-state index contributed by atoms with van der Waals surface area (Å²) >= 11 is 6.65. The quantitative estimate of drug-likeness (QED) is 0.309. The molecular formula is C30H36ClN2O2+. The molecule has 1 heterocycles. The van der Waals surface area contributed by atoms with Crippen molar-refractivity contribution in [3.05, 3.63) is 88.5 Å². The van der Waals surface area contributed by atoms with E-state index < -0.39 is 5.97 Å². The molecule has 2 aromatic rings. The maximum absolute atomic E-state index is 11.5. The van der Waals surface area contributed by atoms with E-state index in [9.17, 15) is 9.90 Å². The third-order valence-corrected chi connectivity index (χ3v) is 7.05. The van der Waals surface area contributed by atoms with Gasteiger partial charge in [-0.2, -0.15) is 4.58 Å². The molecule has 2 aromatic carbocycles. The van der Waals surface area contributed by atoms with Crippen molar-refractivity contribution in [3.8, 4) is 0 Å². The minimum absolute atomic E-state index is 0.307. The summed E-state index contributed by atoms with van der Waals surface area (Å²) in [6.45, 7) is 14.7. The van der Waals surface area contributed by atoms with E-state index in [0.29, 0.717) is 10.6 Å². The fraction of sp³-hybridized carbons (Fsp3) is 0.333. The van der Waals surface area contributed by atoms with Crippen LogP contribution in [0.1, 0.15) is 63.0 Å². The van der Waals surface area contributed by atoms with E-state index in [1.165, 1.54) is 5.69 Å². The highest BCUT2D eigenvalue weighted by Gasteiger charge is 2.43. The predicted molar refractivity (Wildman–Crippen MR) is 149 cm³/mol. The third kappa shape index (κ3) is 5.59. The standard InChI is InChI=1S/C30H35ClN2O2/c1-8-33(9-2)24-13-10-22(11-14-24)26(31)17-20(3)16-21(4)18-28-30(5,6)25-19-23(29(34)35)12-15-27(25)32(28)7/h10-19H,8-9H2,1-7H3/p+1. The van der Waals surface area contributed by atoms with Crippen LogP contribution in [0.15, 0.2) is 71.8 Å². The molecule has 0 aromatic heterocycles. The van der Waals surface area contributed by atoms with Crippen LogP contribution in [0.2, 0.25) is 0 Å². The first kappa shape index (κ1) is 26.5. The number of aromatic carboxylic acids is 1. The molecule has 0 atom stereocenters. The Hall–Kier alpha value is -3.11. The first-order valence-corrected chi connectivity index (χ1v) is 12.5. The Balaban J connectivity index is 1.85. The Morgan fingerprint density at radius 2 is 1.60 bits per heavy atom. The molecule has 0 unspecified atom stereocenters. The summed E-state index contributed by atoms with van der Waals surface area (Å²) in [5, 5.41) is 10.1. The number of nitrogens with zero attached hydrogens (tertiary/aromatic N) is 2. The van der Waals surface area contributed by atoms with E-state index in [4.69, 9.17) is 11.6 Å². The number of hydrogen-bond acceptors (Lipinski definition) is 2. The summed E-state index contributed by atoms with van der Waals surface area (Å²) in [6, 6.07) is 13.7. The van der Waals surface area contributed by atoms with Gasteiger partial charge in [0, 0.05) is 41.5 Å². The molecule has 5 heteroatoms. The highest BCUT2D eigenvalue weighted by molar-refractivity contribution is 6.49. The zero-order valence-corrected chi connectivity index (χ0v) is 22.6. The van der Waals surface area contributed by atoms with E-state index >= 15 is 0 Å². The Morgan fingerprint density at radius 1 is 1.00 bits per heavy atom. The van der Waals surface area contributed by atoms with Crippen LogP contribution in [0.25, 0.3) is 5.03 Å². The van der Waals surface area contributed by atoms with Gasteiger partial charge in [-0.15, -0.1) is 0 Å². The highest BCUT2D eigenvalue weighted by atomic mass is 35.5. The average molecular weight is 492 g/mol. The second kappa shape index (κ2) is 10.7. The van der Waals surface area contributed by atoms with Crippen LogP contribution < -0.4 is 4.90 Å². The van der Waals surface area contributed by atoms with Crippen molar-refractivity contribution >= 4 is 39.7 Å². The predicted octanol–water partition coefficient (Wildman–Crippen LogP) is 7.41. The molecule has 35 heavy (non-hydrogen) atoms. The number of anilines is 1. The molecule has 3 rings (SSSR count). The van der Waals surface area contributed by atoms with Gasteiger partial charge in [0.2, 0.25) is 5.69 Å². The van der Waals surface area contributed by atoms with Crippen LogP contribution in [0.5, 0.6) is 0 Å². The van der Waals surface area contributed by atoms with Crippen molar-refractivity contribution in [1.29, 1.82) is 0 Å². The number of hydrogen-bond donors (Lipinski definition) is 1. The molecule has 0 radical (unpaired) electrons. The molecule has 0 aliphatic carbocycles. The molecule has 1 aliphatic heterocycles. The summed E-state index contributed by atoms with van der Waals surface area (Å²) in [7, 11) is 2.03. The van der Waals surface area contributed by atoms with Crippen LogP contribution in [0, 0.1) is 0 Å². The van der Waals surface area contributed by atoms with Gasteiger partial charge in [-0.05, 0) is 88.6 Å². The first-order chi connectivity index (χ1) is 16.5. The fourth-order valence-electron chi connectivity index (χ4n) is 4.79. The lowest BCUT2D eigenvalue weighted by atomic mass is 9.80. The summed E-state index contributed by atoms with van der Waals surface area (Å²) in [5.41, 5.74) is 7.54. The van der Waals surface area contributed by atoms with Crippen molar-refractivity contribution < 1.29 is 14.5 Å². The minimum Gasteiger partial charge on any atom is -0.478 e. The highest BCUT2D eigenvalue weighted by Crippen LogP contribution is 2.40. The van der Waals surface area contributed by atoms with E-state index in [0.717, 1.165) is 46.8 Å². The number of carbonyl (C=O) groups is 1. The Labute approximate surface area is 214 Å². The molecule has 4 nitrogen and oxygen atoms in total. The Bertz CT molecular complexity index is 1240. The second-order valence-corrected chi connectivity index (χ2v) is 10.0. The summed E-state index contributed by atoms with van der Waals surface area (Å²) < 4.78 is 2.15. The Morgan fingerprint density at radius 3 is 2.17 bits per heavy atom. The summed E-state index contributed by atoms with van der Waals surface area (Å²) in [6.07, 6.45) is 6.28. The van der Waals surface area contributed by atoms with Gasteiger partial charge >= 0.3 is 5.97 Å². The van der Waals surface area contributed by atoms with E-state index in [2.05, 4.69) is 80.5 Å². The van der Waals surface area contributed by atoms with Gasteiger partial charge in [-0.25, -0.2) is 4.79 Å². The molecule has 0 fully saturated rings. The molecule has 0 saturated heterocycles. The van der Waals surface area contributed by atoms with Crippen molar-refractivity contribution in [1.82, 2.24) is 0 Å². The largest absolute Gasteiger partial charge is 0.478 e. The van der Waals surface area contributed by atoms with Gasteiger partial charge in [0.05, 0.1) is 11.0 Å². The molecule has 1 aliphatic rings. The van der Waals surface area contributed by atoms with Crippen molar-refractivity contribution in [2.24, 2.45) is 0 Å². The number of benzene rings is 2. The SMILES string of the molecule is CCN(CC)c1ccc(/C(Cl)=C/C(C)=C/C(C)=C/C2=[N+](C)c3ccc(C(=O)O)cc3C2(C)C)cc1. The first-order valence-electron chi connectivity index (χ1n) is 12.1. The lowest BCUT2D eigenvalue weighted by molar-refractivity contribution is -0.401. The smallest absolute Gasteiger partial charge is 0.335 e. The maximum Gasteiger partial charge on any atom is 0.335 e. The van der Waals surface area contributed by atoms with E-state index in [-0.39, 0.29) is 5.41 Å². The lowest BCUT2D eigenvalue weighted by Gasteiger charge is -2.21. The number of rotatable bonds is 8. The summed E-state index contributed by atoms with van der Waals surface area (Å²) in [5.74, 6) is -0.906. The van der Waals surface area contributed by atoms with Gasteiger partial charge in [0.1, 0.15) is 7.05 Å². The van der Waals surface area contributed by atoms with Crippen LogP contribution in [-0.2, 0) is 5.41 Å². The monoisotopic (exact) mass is 491 g/mol. The van der Waals surface area contributed by atoms with Gasteiger partial charge in [0.25, 0.3) is 0 Å². The lowest BCUT2D eigenvalue weighted by Crippen LogP contribution is -2.27. The second-order valence-electron chi connectivity index (χ2n) is 9.59. The van der Waals surface area contributed by atoms with E-state index in [1.807, 2.05) is 26.1 Å². The molecule has 0 amide bonds. The molecular weight excluding hydrogens is 456 g/mol. The molecule has 0 saturated carbocycles. The van der Waals surface area contributed by atoms with Crippen LogP contribution in [0.3, 0.4) is 0 Å². The molecule has 0 bridgehead atoms. The van der Waals surface area contributed by atoms with Crippen LogP contribution in [-0.4, -0.2) is 41.5 Å². The minimum atomic E-state index is -0.906. The van der Waals surface area contributed by atoms with Gasteiger partial charge in [-0.3, -0.25) is 0 Å².